The van der Waals surface area contributed by atoms with E-state index < -0.39 is 5.09 Å². The second kappa shape index (κ2) is 2.63. The van der Waals surface area contributed by atoms with Crippen molar-refractivity contribution < 1.29 is 10.0 Å². The van der Waals surface area contributed by atoms with Crippen LogP contribution < -0.4 is 5.48 Å². The molecule has 1 N–H and O–H groups in total. The van der Waals surface area contributed by atoms with Crippen LogP contribution in [0.2, 0.25) is 0 Å². The molecule has 0 spiro atoms. The molecule has 0 aromatic carbocycles. The molecule has 0 aromatic rings. The van der Waals surface area contributed by atoms with Crippen molar-refractivity contribution in [2.75, 3.05) is 0 Å². The summed E-state index contributed by atoms with van der Waals surface area (Å²) in [5.41, 5.74) is 1.84. The molecule has 0 bridgehead atoms. The normalized spacial score (nSPS) is 11.0. The molecule has 0 saturated carbocycles. The Bertz CT molecular complexity index is 107. The van der Waals surface area contributed by atoms with Crippen molar-refractivity contribution in [1.82, 2.24) is 5.48 Å². The van der Waals surface area contributed by atoms with Gasteiger partial charge >= 0.3 is 5.09 Å². The van der Waals surface area contributed by atoms with Crippen LogP contribution in [-0.4, -0.2) is 10.6 Å². The van der Waals surface area contributed by atoms with Gasteiger partial charge in [-0.05, 0) is 20.8 Å². The number of hydroxylamine groups is 1. The highest BCUT2D eigenvalue weighted by atomic mass is 17.0. The van der Waals surface area contributed by atoms with Gasteiger partial charge in [0.1, 0.15) is 0 Å². The first-order chi connectivity index (χ1) is 3.92. The van der Waals surface area contributed by atoms with E-state index in [-0.39, 0.29) is 5.54 Å². The van der Waals surface area contributed by atoms with Crippen LogP contribution in [0.5, 0.6) is 0 Å². The van der Waals surface area contributed by atoms with Crippen LogP contribution in [0.1, 0.15) is 20.8 Å². The van der Waals surface area contributed by atoms with Gasteiger partial charge in [0, 0.05) is 5.54 Å². The molecule has 54 valence electrons. The van der Waals surface area contributed by atoms with Crippen molar-refractivity contribution >= 4 is 0 Å². The summed E-state index contributed by atoms with van der Waals surface area (Å²) in [7, 11) is 0. The Kier molecular flexibility index (Phi) is 2.39. The molecule has 0 heterocycles. The molecular formula is C4H10N2O3. The lowest BCUT2D eigenvalue weighted by Gasteiger charge is -2.16. The van der Waals surface area contributed by atoms with Gasteiger partial charge in [-0.2, -0.15) is 5.48 Å². The molecule has 0 rings (SSSR count). The molecule has 0 saturated heterocycles. The number of nitrogens with zero attached hydrogens (tertiary/aromatic N) is 1. The van der Waals surface area contributed by atoms with Gasteiger partial charge in [0.25, 0.3) is 0 Å². The molecular weight excluding hydrogens is 124 g/mol. The minimum absolute atomic E-state index is 0.382. The monoisotopic (exact) mass is 134 g/mol. The van der Waals surface area contributed by atoms with Gasteiger partial charge in [-0.25, -0.2) is 4.94 Å². The molecule has 0 fully saturated rings. The van der Waals surface area contributed by atoms with Crippen LogP contribution in [0.25, 0.3) is 0 Å². The highest BCUT2D eigenvalue weighted by molar-refractivity contribution is 4.62. The van der Waals surface area contributed by atoms with E-state index in [4.69, 9.17) is 0 Å². The fraction of sp³-hybridized carbons (Fsp3) is 1.00. The Balaban J connectivity index is 3.39. The molecule has 5 nitrogen and oxygen atoms in total. The summed E-state index contributed by atoms with van der Waals surface area (Å²) in [4.78, 5) is 13.4. The number of hydrogen-bond acceptors (Lipinski definition) is 4. The van der Waals surface area contributed by atoms with E-state index in [1.165, 1.54) is 0 Å². The standard InChI is InChI=1S/C4H10N2O3/c1-4(2,3)5-9-6(7)8/h5H,1-3H3. The van der Waals surface area contributed by atoms with Gasteiger partial charge in [-0.1, -0.05) is 0 Å². The van der Waals surface area contributed by atoms with Crippen molar-refractivity contribution in [3.05, 3.63) is 10.1 Å². The maximum absolute atomic E-state index is 9.57. The zero-order chi connectivity index (χ0) is 7.49. The predicted octanol–water partition coefficient (Wildman–Crippen LogP) is 0.498. The molecule has 0 aliphatic heterocycles. The zero-order valence-electron chi connectivity index (χ0n) is 5.67. The van der Waals surface area contributed by atoms with E-state index in [1.807, 2.05) is 0 Å². The highest BCUT2D eigenvalue weighted by Crippen LogP contribution is 1.96. The molecule has 0 aromatic heterocycles. The number of rotatable bonds is 2. The lowest BCUT2D eigenvalue weighted by atomic mass is 10.1. The third-order valence-corrected chi connectivity index (χ3v) is 0.426. The molecule has 0 aliphatic carbocycles. The average molecular weight is 134 g/mol. The van der Waals surface area contributed by atoms with Gasteiger partial charge in [0.2, 0.25) is 0 Å². The summed E-state index contributed by atoms with van der Waals surface area (Å²) in [5, 5.41) is 8.68. The maximum Gasteiger partial charge on any atom is 0.311 e. The third-order valence-electron chi connectivity index (χ3n) is 0.426. The largest absolute Gasteiger partial charge is 0.311 e. The first-order valence-corrected chi connectivity index (χ1v) is 2.50. The van der Waals surface area contributed by atoms with Crippen molar-refractivity contribution in [3.63, 3.8) is 0 Å². The van der Waals surface area contributed by atoms with Gasteiger partial charge in [-0.15, -0.1) is 10.1 Å². The zero-order valence-corrected chi connectivity index (χ0v) is 5.67. The summed E-state index contributed by atoms with van der Waals surface area (Å²) < 4.78 is 0. The van der Waals surface area contributed by atoms with Crippen molar-refractivity contribution in [2.45, 2.75) is 26.3 Å². The van der Waals surface area contributed by atoms with Crippen LogP contribution in [0.4, 0.5) is 0 Å². The summed E-state index contributed by atoms with van der Waals surface area (Å²) in [5.74, 6) is 0. The smallest absolute Gasteiger partial charge is 0.219 e. The molecule has 0 atom stereocenters. The summed E-state index contributed by atoms with van der Waals surface area (Å²) in [6, 6.07) is 0. The minimum Gasteiger partial charge on any atom is -0.219 e. The fourth-order valence-electron chi connectivity index (χ4n) is 0.174. The van der Waals surface area contributed by atoms with Gasteiger partial charge < -0.3 is 0 Å². The predicted molar refractivity (Wildman–Crippen MR) is 31.0 cm³/mol. The number of nitrogens with one attached hydrogen (secondary N) is 1. The van der Waals surface area contributed by atoms with Crippen molar-refractivity contribution in [1.29, 1.82) is 0 Å². The summed E-state index contributed by atoms with van der Waals surface area (Å²) in [6.45, 7) is 5.28. The first kappa shape index (κ1) is 8.16. The van der Waals surface area contributed by atoms with Crippen LogP contribution in [-0.2, 0) is 4.94 Å². The Labute approximate surface area is 53.1 Å². The van der Waals surface area contributed by atoms with Crippen LogP contribution in [0.3, 0.4) is 0 Å². The van der Waals surface area contributed by atoms with E-state index in [9.17, 15) is 10.1 Å². The Hall–Kier alpha value is -0.840. The molecule has 0 unspecified atom stereocenters. The van der Waals surface area contributed by atoms with E-state index in [0.717, 1.165) is 0 Å². The fourth-order valence-corrected chi connectivity index (χ4v) is 0.174. The van der Waals surface area contributed by atoms with Crippen LogP contribution in [0.15, 0.2) is 0 Å². The van der Waals surface area contributed by atoms with Crippen LogP contribution >= 0.6 is 0 Å². The first-order valence-electron chi connectivity index (χ1n) is 2.50. The topological polar surface area (TPSA) is 64.4 Å². The van der Waals surface area contributed by atoms with Gasteiger partial charge in [0.15, 0.2) is 0 Å². The van der Waals surface area contributed by atoms with E-state index in [2.05, 4.69) is 10.4 Å². The molecule has 5 heteroatoms. The molecule has 0 aliphatic rings. The summed E-state index contributed by atoms with van der Waals surface area (Å²) in [6.07, 6.45) is 0. The molecule has 9 heavy (non-hydrogen) atoms. The summed E-state index contributed by atoms with van der Waals surface area (Å²) >= 11 is 0. The van der Waals surface area contributed by atoms with Crippen LogP contribution in [0, 0.1) is 10.1 Å². The number of hydrogen-bond donors (Lipinski definition) is 1. The Morgan fingerprint density at radius 3 is 2.11 bits per heavy atom. The SMILES string of the molecule is CC(C)(C)NO[N+](=O)[O-]. The highest BCUT2D eigenvalue weighted by Gasteiger charge is 2.10. The Morgan fingerprint density at radius 2 is 2.00 bits per heavy atom. The van der Waals surface area contributed by atoms with Gasteiger partial charge in [-0.3, -0.25) is 0 Å². The lowest BCUT2D eigenvalue weighted by molar-refractivity contribution is -0.779. The lowest BCUT2D eigenvalue weighted by Crippen LogP contribution is -2.37. The molecule has 0 radical (unpaired) electrons. The average Bonchev–Trinajstić information content (AvgIpc) is 1.59. The maximum atomic E-state index is 9.57. The minimum atomic E-state index is -0.884. The molecule has 0 amide bonds. The van der Waals surface area contributed by atoms with Gasteiger partial charge in [0.05, 0.1) is 0 Å². The second-order valence-corrected chi connectivity index (χ2v) is 2.67. The quantitative estimate of drug-likeness (QED) is 0.441. The van der Waals surface area contributed by atoms with Crippen molar-refractivity contribution in [2.24, 2.45) is 0 Å². The van der Waals surface area contributed by atoms with E-state index in [0.29, 0.717) is 0 Å². The third kappa shape index (κ3) is 7.16. The Morgan fingerprint density at radius 1 is 1.56 bits per heavy atom. The van der Waals surface area contributed by atoms with Crippen molar-refractivity contribution in [3.8, 4) is 0 Å². The second-order valence-electron chi connectivity index (χ2n) is 2.67. The van der Waals surface area contributed by atoms with E-state index >= 15 is 0 Å². The van der Waals surface area contributed by atoms with E-state index in [1.54, 1.807) is 20.8 Å².